The first-order valence-corrected chi connectivity index (χ1v) is 7.14. The molecule has 1 unspecified atom stereocenters. The summed E-state index contributed by atoms with van der Waals surface area (Å²) >= 11 is 5.97. The van der Waals surface area contributed by atoms with Gasteiger partial charge in [0.2, 0.25) is 0 Å². The number of nitrogens with two attached hydrogens (primary N) is 1. The summed E-state index contributed by atoms with van der Waals surface area (Å²) in [5.74, 6) is 0. The topological polar surface area (TPSA) is 80.1 Å². The van der Waals surface area contributed by atoms with Crippen molar-refractivity contribution in [3.05, 3.63) is 35.0 Å². The van der Waals surface area contributed by atoms with Gasteiger partial charge in [-0.2, -0.15) is 0 Å². The number of hydrogen-bond acceptors (Lipinski definition) is 3. The lowest BCUT2D eigenvalue weighted by Crippen LogP contribution is -2.37. The molecule has 0 bridgehead atoms. The standard InChI is InChI=1S/C15H20ClN3O2/c1-15(2,3)21-14(20)19-13(8-17)12-7-9-6-10(16)4-5-11(9)18-12/h4-7,13,18H,8,17H2,1-3H3,(H,19,20). The van der Waals surface area contributed by atoms with Crippen LogP contribution in [0.4, 0.5) is 4.79 Å². The van der Waals surface area contributed by atoms with Crippen LogP contribution >= 0.6 is 11.6 Å². The largest absolute Gasteiger partial charge is 0.444 e. The van der Waals surface area contributed by atoms with E-state index in [2.05, 4.69) is 10.3 Å². The van der Waals surface area contributed by atoms with E-state index in [0.717, 1.165) is 16.6 Å². The lowest BCUT2D eigenvalue weighted by molar-refractivity contribution is 0.0504. The molecule has 1 heterocycles. The van der Waals surface area contributed by atoms with Crippen LogP contribution in [-0.2, 0) is 4.74 Å². The fourth-order valence-corrected chi connectivity index (χ4v) is 2.21. The SMILES string of the molecule is CC(C)(C)OC(=O)NC(CN)c1cc2cc(Cl)ccc2[nH]1. The second kappa shape index (κ2) is 5.95. The molecular weight excluding hydrogens is 290 g/mol. The summed E-state index contributed by atoms with van der Waals surface area (Å²) in [5, 5.41) is 4.40. The van der Waals surface area contributed by atoms with Gasteiger partial charge in [-0.1, -0.05) is 11.6 Å². The number of nitrogens with one attached hydrogen (secondary N) is 2. The van der Waals surface area contributed by atoms with Gasteiger partial charge in [-0.15, -0.1) is 0 Å². The van der Waals surface area contributed by atoms with Gasteiger partial charge in [-0.05, 0) is 45.0 Å². The third-order valence-electron chi connectivity index (χ3n) is 2.91. The highest BCUT2D eigenvalue weighted by Gasteiger charge is 2.20. The summed E-state index contributed by atoms with van der Waals surface area (Å²) in [6.07, 6.45) is -0.491. The molecule has 1 atom stereocenters. The van der Waals surface area contributed by atoms with Crippen molar-refractivity contribution in [3.8, 4) is 0 Å². The average molecular weight is 310 g/mol. The average Bonchev–Trinajstić information content (AvgIpc) is 2.76. The Morgan fingerprint density at radius 1 is 1.43 bits per heavy atom. The number of H-pyrrole nitrogens is 1. The quantitative estimate of drug-likeness (QED) is 0.813. The number of aromatic amines is 1. The van der Waals surface area contributed by atoms with E-state index in [4.69, 9.17) is 22.1 Å². The van der Waals surface area contributed by atoms with Crippen LogP contribution in [0.25, 0.3) is 10.9 Å². The number of hydrogen-bond donors (Lipinski definition) is 3. The van der Waals surface area contributed by atoms with Gasteiger partial charge < -0.3 is 20.8 Å². The summed E-state index contributed by atoms with van der Waals surface area (Å²) in [4.78, 5) is 15.1. The van der Waals surface area contributed by atoms with Gasteiger partial charge in [0.25, 0.3) is 0 Å². The van der Waals surface area contributed by atoms with Crippen LogP contribution in [0, 0.1) is 0 Å². The van der Waals surface area contributed by atoms with Crippen molar-refractivity contribution < 1.29 is 9.53 Å². The van der Waals surface area contributed by atoms with E-state index in [0.29, 0.717) is 5.02 Å². The Morgan fingerprint density at radius 3 is 2.76 bits per heavy atom. The molecule has 5 nitrogen and oxygen atoms in total. The summed E-state index contributed by atoms with van der Waals surface area (Å²) < 4.78 is 5.24. The minimum atomic E-state index is -0.544. The molecule has 0 spiro atoms. The number of halogens is 1. The van der Waals surface area contributed by atoms with Crippen molar-refractivity contribution in [2.24, 2.45) is 5.73 Å². The van der Waals surface area contributed by atoms with Crippen molar-refractivity contribution in [2.75, 3.05) is 6.54 Å². The molecule has 1 aromatic carbocycles. The van der Waals surface area contributed by atoms with Crippen molar-refractivity contribution in [1.82, 2.24) is 10.3 Å². The number of benzene rings is 1. The highest BCUT2D eigenvalue weighted by molar-refractivity contribution is 6.31. The smallest absolute Gasteiger partial charge is 0.408 e. The van der Waals surface area contributed by atoms with Crippen LogP contribution in [0.15, 0.2) is 24.3 Å². The minimum Gasteiger partial charge on any atom is -0.444 e. The van der Waals surface area contributed by atoms with Crippen LogP contribution in [0.1, 0.15) is 32.5 Å². The molecule has 2 aromatic rings. The normalized spacial score (nSPS) is 13.2. The Labute approximate surface area is 128 Å². The molecule has 21 heavy (non-hydrogen) atoms. The van der Waals surface area contributed by atoms with E-state index in [1.165, 1.54) is 0 Å². The molecule has 1 aromatic heterocycles. The Balaban J connectivity index is 2.17. The van der Waals surface area contributed by atoms with Crippen molar-refractivity contribution in [3.63, 3.8) is 0 Å². The molecule has 0 fully saturated rings. The number of ether oxygens (including phenoxy) is 1. The van der Waals surface area contributed by atoms with Crippen molar-refractivity contribution in [1.29, 1.82) is 0 Å². The molecule has 0 saturated heterocycles. The fraction of sp³-hybridized carbons (Fsp3) is 0.400. The monoisotopic (exact) mass is 309 g/mol. The summed E-state index contributed by atoms with van der Waals surface area (Å²) in [6, 6.07) is 7.14. The molecule has 1 amide bonds. The van der Waals surface area contributed by atoms with E-state index in [-0.39, 0.29) is 12.6 Å². The molecule has 0 saturated carbocycles. The maximum absolute atomic E-state index is 11.8. The Bertz CT molecular complexity index is 646. The number of alkyl carbamates (subject to hydrolysis) is 1. The molecule has 6 heteroatoms. The number of carbonyl (C=O) groups excluding carboxylic acids is 1. The summed E-state index contributed by atoms with van der Waals surface area (Å²) in [6.45, 7) is 5.71. The highest BCUT2D eigenvalue weighted by atomic mass is 35.5. The van der Waals surface area contributed by atoms with Gasteiger partial charge in [0, 0.05) is 28.2 Å². The number of carbonyl (C=O) groups is 1. The molecule has 4 N–H and O–H groups in total. The Hall–Kier alpha value is -1.72. The third kappa shape index (κ3) is 4.12. The summed E-state index contributed by atoms with van der Waals surface area (Å²) in [5.41, 5.74) is 6.97. The number of fused-ring (bicyclic) bond motifs is 1. The fourth-order valence-electron chi connectivity index (χ4n) is 2.03. The van der Waals surface area contributed by atoms with E-state index in [1.54, 1.807) is 0 Å². The molecule has 0 aliphatic carbocycles. The van der Waals surface area contributed by atoms with Crippen LogP contribution < -0.4 is 11.1 Å². The molecule has 0 radical (unpaired) electrons. The molecule has 2 rings (SSSR count). The van der Waals surface area contributed by atoms with Crippen LogP contribution in [0.5, 0.6) is 0 Å². The lowest BCUT2D eigenvalue weighted by atomic mass is 10.2. The number of aromatic nitrogens is 1. The van der Waals surface area contributed by atoms with Crippen molar-refractivity contribution >= 4 is 28.6 Å². The first kappa shape index (κ1) is 15.7. The van der Waals surface area contributed by atoms with E-state index >= 15 is 0 Å². The summed E-state index contributed by atoms with van der Waals surface area (Å²) in [7, 11) is 0. The van der Waals surface area contributed by atoms with Gasteiger partial charge in [-0.25, -0.2) is 4.79 Å². The first-order chi connectivity index (χ1) is 9.78. The van der Waals surface area contributed by atoms with Gasteiger partial charge in [0.05, 0.1) is 6.04 Å². The van der Waals surface area contributed by atoms with E-state index in [9.17, 15) is 4.79 Å². The molecule has 0 aliphatic heterocycles. The predicted molar refractivity (Wildman–Crippen MR) is 84.5 cm³/mol. The maximum Gasteiger partial charge on any atom is 0.408 e. The highest BCUT2D eigenvalue weighted by Crippen LogP contribution is 2.23. The Kier molecular flexibility index (Phi) is 4.44. The van der Waals surface area contributed by atoms with Gasteiger partial charge in [-0.3, -0.25) is 0 Å². The van der Waals surface area contributed by atoms with Gasteiger partial charge >= 0.3 is 6.09 Å². The van der Waals surface area contributed by atoms with E-state index in [1.807, 2.05) is 45.0 Å². The van der Waals surface area contributed by atoms with Crippen LogP contribution in [0.2, 0.25) is 5.02 Å². The Morgan fingerprint density at radius 2 is 2.14 bits per heavy atom. The maximum atomic E-state index is 11.8. The third-order valence-corrected chi connectivity index (χ3v) is 3.14. The first-order valence-electron chi connectivity index (χ1n) is 6.76. The predicted octanol–water partition coefficient (Wildman–Crippen LogP) is 3.35. The van der Waals surface area contributed by atoms with Crippen LogP contribution in [0.3, 0.4) is 0 Å². The number of rotatable bonds is 3. The van der Waals surface area contributed by atoms with Gasteiger partial charge in [0.15, 0.2) is 0 Å². The van der Waals surface area contributed by atoms with Gasteiger partial charge in [0.1, 0.15) is 5.60 Å². The van der Waals surface area contributed by atoms with Crippen molar-refractivity contribution in [2.45, 2.75) is 32.4 Å². The molecular formula is C15H20ClN3O2. The molecule has 114 valence electrons. The minimum absolute atomic E-state index is 0.264. The van der Waals surface area contributed by atoms with Crippen LogP contribution in [-0.4, -0.2) is 23.2 Å². The zero-order chi connectivity index (χ0) is 15.6. The second-order valence-electron chi connectivity index (χ2n) is 5.89. The van der Waals surface area contributed by atoms with E-state index < -0.39 is 11.7 Å². The zero-order valence-corrected chi connectivity index (χ0v) is 13.1. The second-order valence-corrected chi connectivity index (χ2v) is 6.33. The number of amides is 1. The molecule has 0 aliphatic rings. The zero-order valence-electron chi connectivity index (χ0n) is 12.4. The lowest BCUT2D eigenvalue weighted by Gasteiger charge is -2.22.